The molecule has 1 aliphatic rings. The second kappa shape index (κ2) is 4.35. The molecule has 4 heteroatoms. The molecule has 0 spiro atoms. The normalized spacial score (nSPS) is 16.6. The van der Waals surface area contributed by atoms with Crippen molar-refractivity contribution in [1.82, 2.24) is 0 Å². The summed E-state index contributed by atoms with van der Waals surface area (Å²) in [7, 11) is 1.91. The van der Waals surface area contributed by atoms with Gasteiger partial charge in [0, 0.05) is 19.3 Å². The van der Waals surface area contributed by atoms with Crippen LogP contribution in [-0.2, 0) is 4.79 Å². The molecule has 0 aromatic heterocycles. The molecule has 0 saturated heterocycles. The lowest BCUT2D eigenvalue weighted by molar-refractivity contribution is -0.138. The molecule has 92 valence electrons. The summed E-state index contributed by atoms with van der Waals surface area (Å²) >= 11 is 0. The largest absolute Gasteiger partial charge is 0.481 e. The zero-order chi connectivity index (χ0) is 12.5. The standard InChI is InChI=1S/C13H16FNO2/c1-15(11-4-2-10(14)3-5-11)9-13(6-7-13)8-12(16)17/h2-5H,6-9H2,1H3,(H,16,17). The highest BCUT2D eigenvalue weighted by Crippen LogP contribution is 2.49. The van der Waals surface area contributed by atoms with Crippen molar-refractivity contribution in [3.63, 3.8) is 0 Å². The van der Waals surface area contributed by atoms with Crippen molar-refractivity contribution >= 4 is 11.7 Å². The van der Waals surface area contributed by atoms with Gasteiger partial charge in [-0.2, -0.15) is 0 Å². The van der Waals surface area contributed by atoms with Crippen molar-refractivity contribution in [2.24, 2.45) is 5.41 Å². The number of halogens is 1. The third-order valence-electron chi connectivity index (χ3n) is 3.32. The van der Waals surface area contributed by atoms with Crippen LogP contribution in [-0.4, -0.2) is 24.7 Å². The zero-order valence-corrected chi connectivity index (χ0v) is 9.82. The van der Waals surface area contributed by atoms with Gasteiger partial charge < -0.3 is 10.0 Å². The van der Waals surface area contributed by atoms with Gasteiger partial charge in [-0.3, -0.25) is 4.79 Å². The van der Waals surface area contributed by atoms with E-state index in [1.807, 2.05) is 11.9 Å². The Morgan fingerprint density at radius 1 is 1.41 bits per heavy atom. The van der Waals surface area contributed by atoms with Crippen molar-refractivity contribution in [3.05, 3.63) is 30.1 Å². The van der Waals surface area contributed by atoms with Crippen LogP contribution in [0.1, 0.15) is 19.3 Å². The first-order valence-corrected chi connectivity index (χ1v) is 5.69. The van der Waals surface area contributed by atoms with E-state index in [0.717, 1.165) is 18.5 Å². The van der Waals surface area contributed by atoms with Crippen LogP contribution in [0.2, 0.25) is 0 Å². The molecule has 0 atom stereocenters. The summed E-state index contributed by atoms with van der Waals surface area (Å²) in [5.41, 5.74) is 0.845. The Bertz CT molecular complexity index is 412. The molecule has 0 radical (unpaired) electrons. The Morgan fingerprint density at radius 3 is 2.47 bits per heavy atom. The number of hydrogen-bond donors (Lipinski definition) is 1. The lowest BCUT2D eigenvalue weighted by Crippen LogP contribution is -2.28. The molecule has 1 N–H and O–H groups in total. The van der Waals surface area contributed by atoms with Crippen LogP contribution in [0.3, 0.4) is 0 Å². The summed E-state index contributed by atoms with van der Waals surface area (Å²) in [5, 5.41) is 8.84. The zero-order valence-electron chi connectivity index (χ0n) is 9.82. The van der Waals surface area contributed by atoms with E-state index < -0.39 is 5.97 Å². The van der Waals surface area contributed by atoms with Crippen LogP contribution in [0, 0.1) is 11.2 Å². The van der Waals surface area contributed by atoms with Crippen molar-refractivity contribution in [1.29, 1.82) is 0 Å². The number of nitrogens with zero attached hydrogens (tertiary/aromatic N) is 1. The van der Waals surface area contributed by atoms with Crippen LogP contribution < -0.4 is 4.90 Å². The lowest BCUT2D eigenvalue weighted by atomic mass is 10.0. The van der Waals surface area contributed by atoms with Gasteiger partial charge in [-0.25, -0.2) is 4.39 Å². The average Bonchev–Trinajstić information content (AvgIpc) is 2.97. The van der Waals surface area contributed by atoms with Crippen molar-refractivity contribution in [2.75, 3.05) is 18.5 Å². The molecule has 0 bridgehead atoms. The highest BCUT2D eigenvalue weighted by atomic mass is 19.1. The van der Waals surface area contributed by atoms with Crippen LogP contribution >= 0.6 is 0 Å². The number of hydrogen-bond acceptors (Lipinski definition) is 2. The van der Waals surface area contributed by atoms with Crippen LogP contribution in [0.4, 0.5) is 10.1 Å². The SMILES string of the molecule is CN(CC1(CC(=O)O)CC1)c1ccc(F)cc1. The van der Waals surface area contributed by atoms with Crippen molar-refractivity contribution in [2.45, 2.75) is 19.3 Å². The molecule has 3 nitrogen and oxygen atoms in total. The van der Waals surface area contributed by atoms with Crippen LogP contribution in [0.5, 0.6) is 0 Å². The fourth-order valence-electron chi connectivity index (χ4n) is 2.18. The van der Waals surface area contributed by atoms with Crippen LogP contribution in [0.15, 0.2) is 24.3 Å². The van der Waals surface area contributed by atoms with Gasteiger partial charge in [-0.15, -0.1) is 0 Å². The van der Waals surface area contributed by atoms with Crippen molar-refractivity contribution < 1.29 is 14.3 Å². The number of anilines is 1. The second-order valence-electron chi connectivity index (χ2n) is 4.90. The van der Waals surface area contributed by atoms with E-state index in [-0.39, 0.29) is 17.7 Å². The minimum Gasteiger partial charge on any atom is -0.481 e. The van der Waals surface area contributed by atoms with Gasteiger partial charge in [-0.1, -0.05) is 0 Å². The van der Waals surface area contributed by atoms with E-state index in [1.165, 1.54) is 12.1 Å². The topological polar surface area (TPSA) is 40.5 Å². The maximum Gasteiger partial charge on any atom is 0.303 e. The minimum absolute atomic E-state index is 0.0744. The molecule has 0 heterocycles. The maximum atomic E-state index is 12.8. The Labute approximate surface area is 99.9 Å². The quantitative estimate of drug-likeness (QED) is 0.855. The summed E-state index contributed by atoms with van der Waals surface area (Å²) in [6, 6.07) is 6.27. The molecule has 1 aromatic carbocycles. The van der Waals surface area contributed by atoms with E-state index in [2.05, 4.69) is 0 Å². The van der Waals surface area contributed by atoms with Gasteiger partial charge in [0.25, 0.3) is 0 Å². The smallest absolute Gasteiger partial charge is 0.303 e. The summed E-state index contributed by atoms with van der Waals surface area (Å²) in [5.74, 6) is -0.996. The first kappa shape index (κ1) is 11.9. The number of carboxylic acids is 1. The molecule has 1 aliphatic carbocycles. The number of rotatable bonds is 5. The monoisotopic (exact) mass is 237 g/mol. The highest BCUT2D eigenvalue weighted by molar-refractivity contribution is 5.68. The van der Waals surface area contributed by atoms with Gasteiger partial charge >= 0.3 is 5.97 Å². The van der Waals surface area contributed by atoms with Gasteiger partial charge in [0.05, 0.1) is 6.42 Å². The first-order valence-electron chi connectivity index (χ1n) is 5.69. The van der Waals surface area contributed by atoms with Gasteiger partial charge in [0.1, 0.15) is 5.82 Å². The summed E-state index contributed by atoms with van der Waals surface area (Å²) < 4.78 is 12.8. The maximum absolute atomic E-state index is 12.8. The predicted molar refractivity (Wildman–Crippen MR) is 63.6 cm³/mol. The van der Waals surface area contributed by atoms with E-state index in [1.54, 1.807) is 12.1 Å². The molecule has 1 aromatic rings. The lowest BCUT2D eigenvalue weighted by Gasteiger charge is -2.24. The number of carboxylic acid groups (broad SMARTS) is 1. The first-order chi connectivity index (χ1) is 8.01. The third kappa shape index (κ3) is 2.96. The molecule has 0 amide bonds. The van der Waals surface area contributed by atoms with Gasteiger partial charge in [0.15, 0.2) is 0 Å². The highest BCUT2D eigenvalue weighted by Gasteiger charge is 2.45. The average molecular weight is 237 g/mol. The Hall–Kier alpha value is -1.58. The summed E-state index contributed by atoms with van der Waals surface area (Å²) in [6.45, 7) is 0.713. The minimum atomic E-state index is -0.741. The molecule has 17 heavy (non-hydrogen) atoms. The number of carbonyl (C=O) groups is 1. The van der Waals surface area contributed by atoms with E-state index in [0.29, 0.717) is 6.54 Å². The number of aliphatic carboxylic acids is 1. The molecule has 1 saturated carbocycles. The summed E-state index contributed by atoms with van der Waals surface area (Å²) in [4.78, 5) is 12.7. The van der Waals surface area contributed by atoms with Crippen LogP contribution in [0.25, 0.3) is 0 Å². The van der Waals surface area contributed by atoms with Gasteiger partial charge in [0.2, 0.25) is 0 Å². The molecule has 1 fully saturated rings. The molecular weight excluding hydrogens is 221 g/mol. The fourth-order valence-corrected chi connectivity index (χ4v) is 2.18. The third-order valence-corrected chi connectivity index (χ3v) is 3.32. The molecular formula is C13H16FNO2. The fraction of sp³-hybridized carbons (Fsp3) is 0.462. The summed E-state index contributed by atoms with van der Waals surface area (Å²) in [6.07, 6.45) is 2.15. The Balaban J connectivity index is 1.99. The van der Waals surface area contributed by atoms with Gasteiger partial charge in [-0.05, 0) is 42.5 Å². The number of benzene rings is 1. The van der Waals surface area contributed by atoms with E-state index in [9.17, 15) is 9.18 Å². The Morgan fingerprint density at radius 2 is 2.00 bits per heavy atom. The predicted octanol–water partition coefficient (Wildman–Crippen LogP) is 2.52. The van der Waals surface area contributed by atoms with E-state index >= 15 is 0 Å². The second-order valence-corrected chi connectivity index (χ2v) is 4.90. The molecule has 0 unspecified atom stereocenters. The molecule has 2 rings (SSSR count). The Kier molecular flexibility index (Phi) is 3.05. The molecule has 0 aliphatic heterocycles. The van der Waals surface area contributed by atoms with E-state index in [4.69, 9.17) is 5.11 Å². The van der Waals surface area contributed by atoms with Crippen molar-refractivity contribution in [3.8, 4) is 0 Å².